The van der Waals surface area contributed by atoms with Gasteiger partial charge in [0.25, 0.3) is 0 Å². The highest BCUT2D eigenvalue weighted by atomic mass is 16.4. The zero-order valence-electron chi connectivity index (χ0n) is 11.8. The van der Waals surface area contributed by atoms with Gasteiger partial charge in [-0.3, -0.25) is 4.90 Å². The second kappa shape index (κ2) is 7.92. The molecule has 1 rings (SSSR count). The van der Waals surface area contributed by atoms with Gasteiger partial charge in [-0.2, -0.15) is 0 Å². The average molecular weight is 290 g/mol. The highest BCUT2D eigenvalue weighted by Gasteiger charge is 2.20. The van der Waals surface area contributed by atoms with E-state index < -0.39 is 5.97 Å². The number of rotatable bonds is 6. The van der Waals surface area contributed by atoms with E-state index in [4.69, 9.17) is 16.6 Å². The summed E-state index contributed by atoms with van der Waals surface area (Å²) in [6.45, 7) is 2.31. The Bertz CT molecular complexity index is 534. The molecule has 0 fully saturated rings. The predicted octanol–water partition coefficient (Wildman–Crippen LogP) is 1.26. The van der Waals surface area contributed by atoms with Crippen molar-refractivity contribution in [3.63, 3.8) is 0 Å². The van der Waals surface area contributed by atoms with Crippen molar-refractivity contribution in [1.29, 1.82) is 0 Å². The van der Waals surface area contributed by atoms with Crippen LogP contribution in [0.25, 0.3) is 0 Å². The summed E-state index contributed by atoms with van der Waals surface area (Å²) < 4.78 is 0. The molecule has 0 spiro atoms. The Hall–Kier alpha value is -2.52. The summed E-state index contributed by atoms with van der Waals surface area (Å²) in [4.78, 5) is 26.1. The molecule has 6 nitrogen and oxygen atoms in total. The van der Waals surface area contributed by atoms with Crippen LogP contribution in [0, 0.1) is 12.3 Å². The minimum atomic E-state index is -1.04. The summed E-state index contributed by atoms with van der Waals surface area (Å²) in [7, 11) is 0. The molecule has 0 aromatic heterocycles. The van der Waals surface area contributed by atoms with Crippen molar-refractivity contribution < 1.29 is 19.8 Å². The van der Waals surface area contributed by atoms with Gasteiger partial charge in [-0.1, -0.05) is 5.92 Å². The van der Waals surface area contributed by atoms with Crippen LogP contribution in [0.2, 0.25) is 0 Å². The molecule has 0 bridgehead atoms. The summed E-state index contributed by atoms with van der Waals surface area (Å²) in [5.74, 6) is 1.37. The lowest BCUT2D eigenvalue weighted by molar-refractivity contribution is 0.0697. The van der Waals surface area contributed by atoms with E-state index in [-0.39, 0.29) is 31.3 Å². The lowest BCUT2D eigenvalue weighted by atomic mass is 10.2. The highest BCUT2D eigenvalue weighted by molar-refractivity contribution is 5.93. The van der Waals surface area contributed by atoms with Crippen LogP contribution in [0.3, 0.4) is 0 Å². The predicted molar refractivity (Wildman–Crippen MR) is 79.3 cm³/mol. The van der Waals surface area contributed by atoms with Gasteiger partial charge in [0.2, 0.25) is 0 Å². The van der Waals surface area contributed by atoms with Gasteiger partial charge in [-0.25, -0.2) is 9.59 Å². The molecule has 2 N–H and O–H groups in total. The number of amides is 2. The van der Waals surface area contributed by atoms with Crippen LogP contribution in [0.1, 0.15) is 17.3 Å². The number of benzene rings is 1. The molecule has 1 aromatic rings. The normalized spacial score (nSPS) is 9.76. The Morgan fingerprint density at radius 3 is 2.33 bits per heavy atom. The van der Waals surface area contributed by atoms with Gasteiger partial charge in [-0.05, 0) is 31.2 Å². The summed E-state index contributed by atoms with van der Waals surface area (Å²) in [6, 6.07) is 5.55. The van der Waals surface area contributed by atoms with Crippen molar-refractivity contribution in [3.8, 4) is 12.3 Å². The number of aliphatic hydroxyl groups is 1. The third-order valence-corrected chi connectivity index (χ3v) is 2.91. The number of aromatic carboxylic acids is 1. The van der Waals surface area contributed by atoms with Gasteiger partial charge in [-0.15, -0.1) is 6.42 Å². The van der Waals surface area contributed by atoms with Crippen LogP contribution in [-0.2, 0) is 0 Å². The number of carbonyl (C=O) groups excluding carboxylic acids is 1. The molecule has 0 unspecified atom stereocenters. The molecule has 0 heterocycles. The van der Waals surface area contributed by atoms with Crippen LogP contribution in [0.4, 0.5) is 10.5 Å². The van der Waals surface area contributed by atoms with Crippen LogP contribution in [0.5, 0.6) is 0 Å². The maximum absolute atomic E-state index is 12.4. The number of nitrogens with zero attached hydrogens (tertiary/aromatic N) is 2. The fourth-order valence-electron chi connectivity index (χ4n) is 1.81. The molecule has 0 radical (unpaired) electrons. The Balaban J connectivity index is 3.02. The average Bonchev–Trinajstić information content (AvgIpc) is 2.49. The summed E-state index contributed by atoms with van der Waals surface area (Å²) in [6.07, 6.45) is 5.23. The lowest BCUT2D eigenvalue weighted by Gasteiger charge is -2.28. The van der Waals surface area contributed by atoms with Crippen LogP contribution in [0.15, 0.2) is 24.3 Å². The van der Waals surface area contributed by atoms with E-state index in [0.29, 0.717) is 12.2 Å². The Morgan fingerprint density at radius 1 is 1.29 bits per heavy atom. The monoisotopic (exact) mass is 290 g/mol. The Morgan fingerprint density at radius 2 is 1.90 bits per heavy atom. The van der Waals surface area contributed by atoms with Crippen LogP contribution >= 0.6 is 0 Å². The van der Waals surface area contributed by atoms with E-state index in [2.05, 4.69) is 5.92 Å². The van der Waals surface area contributed by atoms with Crippen LogP contribution < -0.4 is 4.90 Å². The number of carboxylic acid groups (broad SMARTS) is 1. The van der Waals surface area contributed by atoms with Gasteiger partial charge in [0.05, 0.1) is 25.3 Å². The minimum Gasteiger partial charge on any atom is -0.478 e. The zero-order valence-corrected chi connectivity index (χ0v) is 11.8. The number of carboxylic acids is 1. The second-order valence-corrected chi connectivity index (χ2v) is 4.23. The lowest BCUT2D eigenvalue weighted by Crippen LogP contribution is -2.44. The van der Waals surface area contributed by atoms with E-state index in [1.165, 1.54) is 34.1 Å². The number of hydrogen-bond acceptors (Lipinski definition) is 3. The third-order valence-electron chi connectivity index (χ3n) is 2.91. The molecule has 1 aromatic carbocycles. The second-order valence-electron chi connectivity index (χ2n) is 4.23. The van der Waals surface area contributed by atoms with Crippen molar-refractivity contribution in [2.75, 3.05) is 31.1 Å². The molecule has 0 saturated carbocycles. The molecule has 6 heteroatoms. The van der Waals surface area contributed by atoms with Gasteiger partial charge in [0.1, 0.15) is 0 Å². The van der Waals surface area contributed by atoms with Gasteiger partial charge in [0.15, 0.2) is 0 Å². The standard InChI is InChI=1S/C15H18N2O4/c1-3-9-16(4-2)15(21)17(10-11-18)13-7-5-12(6-8-13)14(19)20/h1,5-8,18H,4,9-11H2,2H3,(H,19,20). The number of urea groups is 1. The first kappa shape index (κ1) is 16.5. The van der Waals surface area contributed by atoms with Crippen molar-refractivity contribution in [1.82, 2.24) is 4.90 Å². The van der Waals surface area contributed by atoms with Crippen molar-refractivity contribution >= 4 is 17.7 Å². The molecule has 0 aliphatic heterocycles. The maximum atomic E-state index is 12.4. The molecule has 0 atom stereocenters. The zero-order chi connectivity index (χ0) is 15.8. The number of terminal acetylenes is 1. The van der Waals surface area contributed by atoms with Crippen LogP contribution in [-0.4, -0.2) is 53.4 Å². The molecule has 112 valence electrons. The molecule has 0 aliphatic rings. The molecule has 0 aliphatic carbocycles. The molecule has 0 saturated heterocycles. The van der Waals surface area contributed by atoms with Crippen molar-refractivity contribution in [2.24, 2.45) is 0 Å². The first-order valence-electron chi connectivity index (χ1n) is 6.49. The largest absolute Gasteiger partial charge is 0.478 e. The first-order valence-corrected chi connectivity index (χ1v) is 6.49. The maximum Gasteiger partial charge on any atom is 0.335 e. The number of carbonyl (C=O) groups is 2. The highest BCUT2D eigenvalue weighted by Crippen LogP contribution is 2.17. The number of anilines is 1. The molecular weight excluding hydrogens is 272 g/mol. The van der Waals surface area contributed by atoms with Gasteiger partial charge >= 0.3 is 12.0 Å². The minimum absolute atomic E-state index is 0.103. The molecular formula is C15H18N2O4. The third kappa shape index (κ3) is 4.23. The summed E-state index contributed by atoms with van der Waals surface area (Å²) in [5, 5.41) is 18.0. The van der Waals surface area contributed by atoms with Crippen molar-refractivity contribution in [2.45, 2.75) is 6.92 Å². The summed E-state index contributed by atoms with van der Waals surface area (Å²) >= 11 is 0. The van der Waals surface area contributed by atoms with E-state index in [0.717, 1.165) is 0 Å². The van der Waals surface area contributed by atoms with E-state index in [1.807, 2.05) is 0 Å². The Labute approximate surface area is 123 Å². The SMILES string of the molecule is C#CCN(CC)C(=O)N(CCO)c1ccc(C(=O)O)cc1. The van der Waals surface area contributed by atoms with E-state index >= 15 is 0 Å². The summed E-state index contributed by atoms with van der Waals surface area (Å²) in [5.41, 5.74) is 0.639. The van der Waals surface area contributed by atoms with Crippen molar-refractivity contribution in [3.05, 3.63) is 29.8 Å². The van der Waals surface area contributed by atoms with Gasteiger partial charge in [0, 0.05) is 12.2 Å². The fraction of sp³-hybridized carbons (Fsp3) is 0.333. The quantitative estimate of drug-likeness (QED) is 0.773. The molecule has 21 heavy (non-hydrogen) atoms. The number of hydrogen-bond donors (Lipinski definition) is 2. The van der Waals surface area contributed by atoms with Gasteiger partial charge < -0.3 is 15.1 Å². The number of aliphatic hydroxyl groups excluding tert-OH is 1. The van der Waals surface area contributed by atoms with E-state index in [1.54, 1.807) is 6.92 Å². The smallest absolute Gasteiger partial charge is 0.335 e. The first-order chi connectivity index (χ1) is 10.0. The van der Waals surface area contributed by atoms with E-state index in [9.17, 15) is 9.59 Å². The Kier molecular flexibility index (Phi) is 6.24. The molecule has 2 amide bonds. The topological polar surface area (TPSA) is 81.1 Å². The fourth-order valence-corrected chi connectivity index (χ4v) is 1.81.